The van der Waals surface area contributed by atoms with Gasteiger partial charge in [-0.1, -0.05) is 48.5 Å². The van der Waals surface area contributed by atoms with Crippen LogP contribution >= 0.6 is 0 Å². The first-order valence-corrected chi connectivity index (χ1v) is 8.88. The fourth-order valence-corrected chi connectivity index (χ4v) is 3.66. The fourth-order valence-electron chi connectivity index (χ4n) is 3.66. The minimum atomic E-state index is 0.108. The Morgan fingerprint density at radius 1 is 1.08 bits per heavy atom. The first-order chi connectivity index (χ1) is 11.6. The number of nitrogens with one attached hydrogen (secondary N) is 2. The zero-order chi connectivity index (χ0) is 16.9. The van der Waals surface area contributed by atoms with Crippen molar-refractivity contribution in [1.29, 1.82) is 0 Å². The molecule has 1 amide bonds. The minimum absolute atomic E-state index is 0.108. The average molecular weight is 323 g/mol. The molecule has 0 saturated carbocycles. The number of anilines is 1. The number of aryl methyl sites for hydroxylation is 2. The molecular weight excluding hydrogens is 296 g/mol. The topological polar surface area (TPSA) is 33.5 Å². The largest absolute Gasteiger partial charge is 0.331 e. The summed E-state index contributed by atoms with van der Waals surface area (Å²) < 4.78 is 0. The Bertz CT molecular complexity index is 676. The summed E-state index contributed by atoms with van der Waals surface area (Å²) in [5.74, 6) is 0.286. The Balaban J connectivity index is 1.63. The second-order valence-corrected chi connectivity index (χ2v) is 6.96. The van der Waals surface area contributed by atoms with Crippen LogP contribution in [0.2, 0.25) is 0 Å². The molecule has 1 fully saturated rings. The quantitative estimate of drug-likeness (QED) is 0.891. The molecule has 1 unspecified atom stereocenters. The van der Waals surface area contributed by atoms with Gasteiger partial charge in [0.1, 0.15) is 6.54 Å². The molecule has 3 rings (SSSR count). The molecule has 3 heteroatoms. The third-order valence-corrected chi connectivity index (χ3v) is 5.02. The van der Waals surface area contributed by atoms with Crippen molar-refractivity contribution in [3.8, 4) is 0 Å². The summed E-state index contributed by atoms with van der Waals surface area (Å²) in [5, 5.41) is 3.18. The summed E-state index contributed by atoms with van der Waals surface area (Å²) in [6.07, 6.45) is 2.11. The summed E-state index contributed by atoms with van der Waals surface area (Å²) in [6, 6.07) is 16.7. The highest BCUT2D eigenvalue weighted by atomic mass is 16.1. The molecule has 2 aromatic carbocycles. The highest BCUT2D eigenvalue weighted by Gasteiger charge is 2.29. The van der Waals surface area contributed by atoms with E-state index in [1.807, 2.05) is 6.07 Å². The molecule has 2 N–H and O–H groups in total. The van der Waals surface area contributed by atoms with Crippen LogP contribution < -0.4 is 10.2 Å². The van der Waals surface area contributed by atoms with E-state index < -0.39 is 0 Å². The second kappa shape index (κ2) is 7.63. The molecule has 1 aliphatic heterocycles. The zero-order valence-corrected chi connectivity index (χ0v) is 14.6. The van der Waals surface area contributed by atoms with Gasteiger partial charge in [0.05, 0.1) is 19.0 Å². The summed E-state index contributed by atoms with van der Waals surface area (Å²) in [4.78, 5) is 14.3. The summed E-state index contributed by atoms with van der Waals surface area (Å²) in [6.45, 7) is 7.19. The third kappa shape index (κ3) is 4.04. The normalized spacial score (nSPS) is 20.6. The van der Waals surface area contributed by atoms with Crippen molar-refractivity contribution in [1.82, 2.24) is 0 Å². The summed E-state index contributed by atoms with van der Waals surface area (Å²) >= 11 is 0. The van der Waals surface area contributed by atoms with E-state index in [2.05, 4.69) is 61.6 Å². The van der Waals surface area contributed by atoms with E-state index >= 15 is 0 Å². The molecule has 0 spiro atoms. The molecule has 0 aromatic heterocycles. The molecule has 0 radical (unpaired) electrons. The van der Waals surface area contributed by atoms with Crippen LogP contribution in [-0.2, 0) is 11.3 Å². The first-order valence-electron chi connectivity index (χ1n) is 8.88. The van der Waals surface area contributed by atoms with Gasteiger partial charge < -0.3 is 10.2 Å². The number of piperidine rings is 1. The standard InChI is InChI=1S/C21H26N2O/c1-16-8-6-9-17(2)20(16)22-21(24)19-12-7-13-23(15-19)14-18-10-4-3-5-11-18/h3-6,8-11,19H,7,12-15H2,1-2H3,(H,22,24)/p+1/t19-/m0/s1. The van der Waals surface area contributed by atoms with Crippen LogP contribution in [0.15, 0.2) is 48.5 Å². The van der Waals surface area contributed by atoms with Crippen molar-refractivity contribution in [2.45, 2.75) is 33.2 Å². The maximum Gasteiger partial charge on any atom is 0.233 e. The van der Waals surface area contributed by atoms with E-state index in [1.54, 1.807) is 0 Å². The number of carbonyl (C=O) groups is 1. The van der Waals surface area contributed by atoms with E-state index in [0.717, 1.165) is 49.3 Å². The van der Waals surface area contributed by atoms with Crippen LogP contribution in [0.4, 0.5) is 5.69 Å². The Kier molecular flexibility index (Phi) is 5.31. The molecule has 2 aromatic rings. The van der Waals surface area contributed by atoms with Gasteiger partial charge in [0, 0.05) is 11.3 Å². The summed E-state index contributed by atoms with van der Waals surface area (Å²) in [7, 11) is 0. The number of quaternary nitrogens is 1. The lowest BCUT2D eigenvalue weighted by atomic mass is 9.96. The number of amides is 1. The Hall–Kier alpha value is -2.13. The Labute approximate surface area is 144 Å². The molecule has 1 heterocycles. The van der Waals surface area contributed by atoms with Gasteiger partial charge in [-0.25, -0.2) is 0 Å². The predicted octanol–water partition coefficient (Wildman–Crippen LogP) is 2.74. The van der Waals surface area contributed by atoms with E-state index in [9.17, 15) is 4.79 Å². The molecule has 0 bridgehead atoms. The lowest BCUT2D eigenvalue weighted by molar-refractivity contribution is -0.921. The van der Waals surface area contributed by atoms with Crippen LogP contribution in [0.25, 0.3) is 0 Å². The number of hydrogen-bond acceptors (Lipinski definition) is 1. The van der Waals surface area contributed by atoms with E-state index in [4.69, 9.17) is 0 Å². The SMILES string of the molecule is Cc1cccc(C)c1NC(=O)[C@H]1CCC[NH+](Cc2ccccc2)C1. The number of para-hydroxylation sites is 1. The number of rotatable bonds is 4. The fraction of sp³-hybridized carbons (Fsp3) is 0.381. The monoisotopic (exact) mass is 323 g/mol. The maximum absolute atomic E-state index is 12.7. The zero-order valence-electron chi connectivity index (χ0n) is 14.6. The van der Waals surface area contributed by atoms with Crippen LogP contribution in [-0.4, -0.2) is 19.0 Å². The average Bonchev–Trinajstić information content (AvgIpc) is 2.59. The van der Waals surface area contributed by atoms with Crippen molar-refractivity contribution in [3.05, 3.63) is 65.2 Å². The van der Waals surface area contributed by atoms with Crippen molar-refractivity contribution in [2.24, 2.45) is 5.92 Å². The molecule has 1 saturated heterocycles. The number of hydrogen-bond donors (Lipinski definition) is 2. The van der Waals surface area contributed by atoms with Crippen LogP contribution in [0, 0.1) is 19.8 Å². The van der Waals surface area contributed by atoms with Crippen LogP contribution in [0.1, 0.15) is 29.5 Å². The van der Waals surface area contributed by atoms with E-state index in [1.165, 1.54) is 10.5 Å². The first kappa shape index (κ1) is 16.7. The number of carbonyl (C=O) groups excluding carboxylic acids is 1. The lowest BCUT2D eigenvalue weighted by Crippen LogP contribution is -3.12. The minimum Gasteiger partial charge on any atom is -0.331 e. The molecule has 0 aliphatic carbocycles. The molecule has 1 aliphatic rings. The lowest BCUT2D eigenvalue weighted by Gasteiger charge is -2.29. The van der Waals surface area contributed by atoms with Gasteiger partial charge in [0.15, 0.2) is 0 Å². The molecule has 126 valence electrons. The highest BCUT2D eigenvalue weighted by Crippen LogP contribution is 2.21. The van der Waals surface area contributed by atoms with Crippen molar-refractivity contribution >= 4 is 11.6 Å². The van der Waals surface area contributed by atoms with Gasteiger partial charge in [-0.2, -0.15) is 0 Å². The van der Waals surface area contributed by atoms with Crippen molar-refractivity contribution in [2.75, 3.05) is 18.4 Å². The number of benzene rings is 2. The smallest absolute Gasteiger partial charge is 0.233 e. The van der Waals surface area contributed by atoms with Gasteiger partial charge in [-0.3, -0.25) is 4.79 Å². The second-order valence-electron chi connectivity index (χ2n) is 6.96. The van der Waals surface area contributed by atoms with Gasteiger partial charge in [0.25, 0.3) is 0 Å². The van der Waals surface area contributed by atoms with Crippen LogP contribution in [0.5, 0.6) is 0 Å². The van der Waals surface area contributed by atoms with Crippen molar-refractivity contribution < 1.29 is 9.69 Å². The maximum atomic E-state index is 12.7. The van der Waals surface area contributed by atoms with E-state index in [-0.39, 0.29) is 11.8 Å². The Morgan fingerprint density at radius 2 is 1.79 bits per heavy atom. The molecule has 2 atom stereocenters. The number of likely N-dealkylation sites (tertiary alicyclic amines) is 1. The van der Waals surface area contributed by atoms with Crippen molar-refractivity contribution in [3.63, 3.8) is 0 Å². The van der Waals surface area contributed by atoms with Gasteiger partial charge in [-0.05, 0) is 37.8 Å². The van der Waals surface area contributed by atoms with E-state index in [0.29, 0.717) is 0 Å². The molecule has 3 nitrogen and oxygen atoms in total. The molecular formula is C21H27N2O+. The predicted molar refractivity (Wildman–Crippen MR) is 98.1 cm³/mol. The third-order valence-electron chi connectivity index (χ3n) is 5.02. The van der Waals surface area contributed by atoms with Gasteiger partial charge in [0.2, 0.25) is 5.91 Å². The highest BCUT2D eigenvalue weighted by molar-refractivity contribution is 5.94. The van der Waals surface area contributed by atoms with Crippen LogP contribution in [0.3, 0.4) is 0 Å². The summed E-state index contributed by atoms with van der Waals surface area (Å²) in [5.41, 5.74) is 4.60. The molecule has 24 heavy (non-hydrogen) atoms. The van der Waals surface area contributed by atoms with Gasteiger partial charge >= 0.3 is 0 Å². The Morgan fingerprint density at radius 3 is 2.50 bits per heavy atom. The van der Waals surface area contributed by atoms with Gasteiger partial charge in [-0.15, -0.1) is 0 Å².